The van der Waals surface area contributed by atoms with Gasteiger partial charge in [0.05, 0.1) is 19.7 Å². The number of fused-ring (bicyclic) bond motifs is 9. The molecule has 3 aliphatic heterocycles. The molecule has 0 spiro atoms. The number of hydrogen-bond acceptors (Lipinski definition) is 6. The molecule has 2 aromatic rings. The Morgan fingerprint density at radius 1 is 1.06 bits per heavy atom. The first-order valence-corrected chi connectivity index (χ1v) is 11.1. The SMILES string of the molecule is COc1cc2c(cc1O)[C@@H]1C[C@H](C[C@@H]3CCCC[N+]31[O-])OC(=O)/C=C\c1ccc(O)c-2c1. The van der Waals surface area contributed by atoms with Crippen LogP contribution in [0.5, 0.6) is 17.2 Å². The van der Waals surface area contributed by atoms with E-state index in [4.69, 9.17) is 9.47 Å². The number of nitrogens with zero attached hydrogens (tertiary/aromatic N) is 1. The van der Waals surface area contributed by atoms with Gasteiger partial charge in [-0.15, -0.1) is 0 Å². The largest absolute Gasteiger partial charge is 0.632 e. The number of esters is 1. The number of carbonyl (C=O) groups is 1. The maximum Gasteiger partial charge on any atom is 0.331 e. The third-order valence-corrected chi connectivity index (χ3v) is 7.18. The second-order valence-corrected chi connectivity index (χ2v) is 8.99. The summed E-state index contributed by atoms with van der Waals surface area (Å²) in [5, 5.41) is 35.6. The van der Waals surface area contributed by atoms with Crippen molar-refractivity contribution in [1.82, 2.24) is 0 Å². The van der Waals surface area contributed by atoms with Crippen LogP contribution in [-0.2, 0) is 9.53 Å². The first-order valence-electron chi connectivity index (χ1n) is 11.1. The van der Waals surface area contributed by atoms with Crippen molar-refractivity contribution in [3.63, 3.8) is 0 Å². The lowest BCUT2D eigenvalue weighted by molar-refractivity contribution is -0.946. The minimum atomic E-state index is -0.537. The van der Waals surface area contributed by atoms with E-state index in [1.165, 1.54) is 13.2 Å². The highest BCUT2D eigenvalue weighted by atomic mass is 16.6. The van der Waals surface area contributed by atoms with Crippen LogP contribution in [0.15, 0.2) is 36.4 Å². The van der Waals surface area contributed by atoms with E-state index >= 15 is 0 Å². The number of piperidine rings is 2. The zero-order valence-corrected chi connectivity index (χ0v) is 18.0. The number of phenolic OH excluding ortho intramolecular Hbond substituents is 2. The number of ether oxygens (including phenoxy) is 2. The molecule has 3 aliphatic rings. The van der Waals surface area contributed by atoms with Crippen LogP contribution in [-0.4, -0.2) is 46.6 Å². The van der Waals surface area contributed by atoms with Crippen molar-refractivity contribution in [2.75, 3.05) is 13.7 Å². The molecule has 2 aromatic carbocycles. The van der Waals surface area contributed by atoms with Crippen molar-refractivity contribution in [3.05, 3.63) is 52.7 Å². The van der Waals surface area contributed by atoms with Crippen molar-refractivity contribution in [2.24, 2.45) is 0 Å². The molecule has 7 nitrogen and oxygen atoms in total. The average Bonchev–Trinajstić information content (AvgIpc) is 2.77. The summed E-state index contributed by atoms with van der Waals surface area (Å²) < 4.78 is 10.7. The highest BCUT2D eigenvalue weighted by Gasteiger charge is 2.48. The number of benzene rings is 2. The van der Waals surface area contributed by atoms with Gasteiger partial charge in [0.25, 0.3) is 0 Å². The molecule has 2 N–H and O–H groups in total. The van der Waals surface area contributed by atoms with Gasteiger partial charge < -0.3 is 29.5 Å². The van der Waals surface area contributed by atoms with E-state index in [1.807, 2.05) is 0 Å². The van der Waals surface area contributed by atoms with Crippen molar-refractivity contribution >= 4 is 12.0 Å². The highest BCUT2D eigenvalue weighted by Crippen LogP contribution is 2.51. The van der Waals surface area contributed by atoms with Crippen molar-refractivity contribution in [2.45, 2.75) is 50.3 Å². The summed E-state index contributed by atoms with van der Waals surface area (Å²) in [6, 6.07) is 7.58. The number of phenols is 2. The number of aromatic hydroxyl groups is 2. The lowest BCUT2D eigenvalue weighted by Crippen LogP contribution is -2.60. The number of carbonyl (C=O) groups excluding carboxylic acids is 1. The predicted octanol–water partition coefficient (Wildman–Crippen LogP) is 4.41. The Morgan fingerprint density at radius 2 is 1.91 bits per heavy atom. The van der Waals surface area contributed by atoms with E-state index in [1.54, 1.807) is 36.4 Å². The Hall–Kier alpha value is -3.03. The molecule has 168 valence electrons. The lowest BCUT2D eigenvalue weighted by atomic mass is 9.81. The molecule has 0 saturated carbocycles. The van der Waals surface area contributed by atoms with E-state index < -0.39 is 16.7 Å². The molecule has 0 aliphatic carbocycles. The topological polar surface area (TPSA) is 99.0 Å². The molecule has 1 unspecified atom stereocenters. The minimum absolute atomic E-state index is 0.0516. The van der Waals surface area contributed by atoms with Crippen molar-refractivity contribution in [1.29, 1.82) is 0 Å². The van der Waals surface area contributed by atoms with E-state index in [9.17, 15) is 20.2 Å². The van der Waals surface area contributed by atoms with Gasteiger partial charge in [-0.3, -0.25) is 0 Å². The fraction of sp³-hybridized carbons (Fsp3) is 0.400. The van der Waals surface area contributed by atoms with Crippen LogP contribution in [0.3, 0.4) is 0 Å². The normalized spacial score (nSPS) is 30.1. The number of quaternary nitrogens is 1. The maximum atomic E-state index is 14.3. The third kappa shape index (κ3) is 3.42. The summed E-state index contributed by atoms with van der Waals surface area (Å²) in [5.74, 6) is -0.185. The molecule has 32 heavy (non-hydrogen) atoms. The van der Waals surface area contributed by atoms with Gasteiger partial charge in [0.1, 0.15) is 17.9 Å². The smallest absolute Gasteiger partial charge is 0.331 e. The van der Waals surface area contributed by atoms with E-state index in [-0.39, 0.29) is 29.4 Å². The quantitative estimate of drug-likeness (QED) is 0.389. The van der Waals surface area contributed by atoms with Gasteiger partial charge in [-0.2, -0.15) is 0 Å². The van der Waals surface area contributed by atoms with Crippen LogP contribution in [0.4, 0.5) is 0 Å². The Bertz CT molecular complexity index is 1100. The van der Waals surface area contributed by atoms with Crippen molar-refractivity contribution < 1.29 is 29.1 Å². The van der Waals surface area contributed by atoms with Gasteiger partial charge in [0, 0.05) is 36.5 Å². The molecule has 0 radical (unpaired) electrons. The molecular weight excluding hydrogens is 410 g/mol. The van der Waals surface area contributed by atoms with Crippen LogP contribution < -0.4 is 4.74 Å². The molecule has 4 bridgehead atoms. The maximum absolute atomic E-state index is 14.3. The molecule has 0 aromatic heterocycles. The van der Waals surface area contributed by atoms with Crippen LogP contribution >= 0.6 is 0 Å². The van der Waals surface area contributed by atoms with Gasteiger partial charge in [-0.1, -0.05) is 6.07 Å². The van der Waals surface area contributed by atoms with E-state index in [0.717, 1.165) is 19.3 Å². The predicted molar refractivity (Wildman–Crippen MR) is 119 cm³/mol. The fourth-order valence-electron chi connectivity index (χ4n) is 5.63. The minimum Gasteiger partial charge on any atom is -0.632 e. The molecule has 4 atom stereocenters. The van der Waals surface area contributed by atoms with Gasteiger partial charge >= 0.3 is 5.97 Å². The van der Waals surface area contributed by atoms with Gasteiger partial charge in [0.15, 0.2) is 11.5 Å². The van der Waals surface area contributed by atoms with Gasteiger partial charge in [-0.25, -0.2) is 4.79 Å². The number of methoxy groups -OCH3 is 1. The number of hydrogen-bond donors (Lipinski definition) is 2. The monoisotopic (exact) mass is 437 g/mol. The molecule has 3 heterocycles. The first kappa shape index (κ1) is 20.8. The molecular formula is C25H27NO6. The number of rotatable bonds is 1. The van der Waals surface area contributed by atoms with E-state index in [0.29, 0.717) is 41.6 Å². The summed E-state index contributed by atoms with van der Waals surface area (Å²) in [6.07, 6.45) is 6.14. The van der Waals surface area contributed by atoms with Crippen LogP contribution in [0, 0.1) is 5.21 Å². The third-order valence-electron chi connectivity index (χ3n) is 7.18. The van der Waals surface area contributed by atoms with Crippen LogP contribution in [0.25, 0.3) is 17.2 Å². The summed E-state index contributed by atoms with van der Waals surface area (Å²) in [7, 11) is 1.47. The first-order chi connectivity index (χ1) is 15.4. The van der Waals surface area contributed by atoms with Crippen LogP contribution in [0.1, 0.15) is 49.3 Å². The lowest BCUT2D eigenvalue weighted by Gasteiger charge is -2.60. The Morgan fingerprint density at radius 3 is 2.72 bits per heavy atom. The average molecular weight is 437 g/mol. The van der Waals surface area contributed by atoms with Crippen LogP contribution in [0.2, 0.25) is 0 Å². The summed E-state index contributed by atoms with van der Waals surface area (Å²) in [5.41, 5.74) is 2.52. The zero-order chi connectivity index (χ0) is 22.5. The standard InChI is InChI=1S/C25H27NO6/c1-31-24-14-18-19(13-23(24)28)21-12-17(11-16-4-2-3-9-26(16,21)30)32-25(29)8-6-15-5-7-22(27)20(18)10-15/h5-8,10,13-14,16-17,21,27-28H,2-4,9,11-12H2,1H3/b8-6-/t16-,17-,21-,26?/m0/s1. The second-order valence-electron chi connectivity index (χ2n) is 8.99. The molecule has 2 saturated heterocycles. The second kappa shape index (κ2) is 7.83. The Kier molecular flexibility index (Phi) is 5.10. The molecule has 5 rings (SSSR count). The summed E-state index contributed by atoms with van der Waals surface area (Å²) >= 11 is 0. The molecule has 0 amide bonds. The summed E-state index contributed by atoms with van der Waals surface area (Å²) in [6.45, 7) is 0.480. The Balaban J connectivity index is 1.78. The zero-order valence-electron chi connectivity index (χ0n) is 18.0. The fourth-order valence-corrected chi connectivity index (χ4v) is 5.63. The number of hydroxylamine groups is 3. The molecule has 7 heteroatoms. The Labute approximate surface area is 186 Å². The van der Waals surface area contributed by atoms with Crippen molar-refractivity contribution in [3.8, 4) is 28.4 Å². The highest BCUT2D eigenvalue weighted by molar-refractivity contribution is 5.88. The summed E-state index contributed by atoms with van der Waals surface area (Å²) in [4.78, 5) is 12.5. The van der Waals surface area contributed by atoms with Gasteiger partial charge in [-0.05, 0) is 54.3 Å². The molecule has 2 fully saturated rings. The van der Waals surface area contributed by atoms with E-state index in [2.05, 4.69) is 0 Å². The van der Waals surface area contributed by atoms with Gasteiger partial charge in [0.2, 0.25) is 0 Å².